The number of nitrogens with one attached hydrogen (secondary N) is 1. The number of hydrogen-bond acceptors (Lipinski definition) is 1. The van der Waals surface area contributed by atoms with Crippen molar-refractivity contribution >= 4 is 5.69 Å². The molecular weight excluding hydrogens is 239 g/mol. The van der Waals surface area contributed by atoms with Crippen LogP contribution in [0.5, 0.6) is 0 Å². The van der Waals surface area contributed by atoms with Gasteiger partial charge in [0.1, 0.15) is 0 Å². The second-order valence-corrected chi connectivity index (χ2v) is 5.24. The highest BCUT2D eigenvalue weighted by Crippen LogP contribution is 2.32. The van der Waals surface area contributed by atoms with Crippen LogP contribution in [0.1, 0.15) is 33.1 Å². The van der Waals surface area contributed by atoms with Crippen molar-refractivity contribution in [1.29, 1.82) is 0 Å². The summed E-state index contributed by atoms with van der Waals surface area (Å²) in [6.07, 6.45) is 3.18. The first-order valence-electron chi connectivity index (χ1n) is 6.40. The van der Waals surface area contributed by atoms with Crippen molar-refractivity contribution < 1.29 is 13.2 Å². The zero-order valence-corrected chi connectivity index (χ0v) is 10.6. The Kier molecular flexibility index (Phi) is 3.83. The summed E-state index contributed by atoms with van der Waals surface area (Å²) in [5.41, 5.74) is 0.0554. The Morgan fingerprint density at radius 2 is 1.78 bits per heavy atom. The number of anilines is 1. The highest BCUT2D eigenvalue weighted by Gasteiger charge is 2.28. The normalized spacial score (nSPS) is 28.2. The van der Waals surface area contributed by atoms with Gasteiger partial charge < -0.3 is 5.32 Å². The summed E-state index contributed by atoms with van der Waals surface area (Å²) in [7, 11) is 0. The summed E-state index contributed by atoms with van der Waals surface area (Å²) in [5, 5.41) is 3.02. The van der Waals surface area contributed by atoms with Crippen LogP contribution in [-0.4, -0.2) is 6.04 Å². The van der Waals surface area contributed by atoms with E-state index in [0.717, 1.165) is 18.9 Å². The second kappa shape index (κ2) is 5.21. The van der Waals surface area contributed by atoms with Crippen LogP contribution >= 0.6 is 0 Å². The van der Waals surface area contributed by atoms with E-state index in [9.17, 15) is 13.2 Å². The Balaban J connectivity index is 2.16. The zero-order chi connectivity index (χ0) is 13.3. The summed E-state index contributed by atoms with van der Waals surface area (Å²) in [6.45, 7) is 4.28. The predicted molar refractivity (Wildman–Crippen MR) is 65.9 cm³/mol. The van der Waals surface area contributed by atoms with Crippen LogP contribution in [0.4, 0.5) is 18.9 Å². The van der Waals surface area contributed by atoms with Gasteiger partial charge in [-0.15, -0.1) is 0 Å². The van der Waals surface area contributed by atoms with E-state index in [1.807, 2.05) is 0 Å². The van der Waals surface area contributed by atoms with Gasteiger partial charge in [-0.25, -0.2) is 13.2 Å². The fraction of sp³-hybridized carbons (Fsp3) is 0.571. The Bertz CT molecular complexity index is 433. The molecule has 1 aromatic rings. The lowest BCUT2D eigenvalue weighted by Crippen LogP contribution is -2.35. The summed E-state index contributed by atoms with van der Waals surface area (Å²) in [6, 6.07) is 2.34. The van der Waals surface area contributed by atoms with Gasteiger partial charge in [0.2, 0.25) is 0 Å². The van der Waals surface area contributed by atoms with Crippen molar-refractivity contribution in [2.45, 2.75) is 39.2 Å². The van der Waals surface area contributed by atoms with Gasteiger partial charge in [-0.3, -0.25) is 0 Å². The van der Waals surface area contributed by atoms with Crippen LogP contribution in [0.15, 0.2) is 12.1 Å². The first kappa shape index (κ1) is 13.2. The lowest BCUT2D eigenvalue weighted by molar-refractivity contribution is 0.252. The maximum atomic E-state index is 13.6. The van der Waals surface area contributed by atoms with E-state index in [2.05, 4.69) is 19.2 Å². The molecule has 1 aliphatic carbocycles. The standard InChI is InChI=1S/C14H18F3N/c1-8-4-3-5-11(9(8)2)18-12-7-6-10(15)13(16)14(12)17/h6-9,11,18H,3-5H2,1-2H3. The first-order valence-corrected chi connectivity index (χ1v) is 6.40. The van der Waals surface area contributed by atoms with Gasteiger partial charge in [0, 0.05) is 6.04 Å². The molecule has 1 aliphatic rings. The molecule has 0 heterocycles. The molecule has 0 spiro atoms. The van der Waals surface area contributed by atoms with Gasteiger partial charge in [-0.05, 0) is 30.4 Å². The number of benzene rings is 1. The quantitative estimate of drug-likeness (QED) is 0.777. The van der Waals surface area contributed by atoms with Gasteiger partial charge >= 0.3 is 0 Å². The van der Waals surface area contributed by atoms with Gasteiger partial charge in [0.25, 0.3) is 0 Å². The minimum Gasteiger partial charge on any atom is -0.380 e. The molecule has 1 fully saturated rings. The molecule has 1 nitrogen and oxygen atoms in total. The molecule has 4 heteroatoms. The van der Waals surface area contributed by atoms with Crippen LogP contribution in [0.3, 0.4) is 0 Å². The smallest absolute Gasteiger partial charge is 0.196 e. The van der Waals surface area contributed by atoms with Crippen molar-refractivity contribution in [3.8, 4) is 0 Å². The first-order chi connectivity index (χ1) is 8.50. The van der Waals surface area contributed by atoms with Crippen LogP contribution in [0.2, 0.25) is 0 Å². The molecule has 0 saturated heterocycles. The lowest BCUT2D eigenvalue weighted by atomic mass is 9.78. The molecule has 0 amide bonds. The third-order valence-electron chi connectivity index (χ3n) is 4.08. The van der Waals surface area contributed by atoms with E-state index < -0.39 is 17.5 Å². The average molecular weight is 257 g/mol. The van der Waals surface area contributed by atoms with Crippen LogP contribution in [-0.2, 0) is 0 Å². The van der Waals surface area contributed by atoms with Crippen molar-refractivity contribution in [1.82, 2.24) is 0 Å². The third kappa shape index (κ3) is 2.47. The van der Waals surface area contributed by atoms with E-state index in [0.29, 0.717) is 11.8 Å². The number of rotatable bonds is 2. The van der Waals surface area contributed by atoms with Gasteiger partial charge in [0.05, 0.1) is 5.69 Å². The summed E-state index contributed by atoms with van der Waals surface area (Å²) in [4.78, 5) is 0. The Morgan fingerprint density at radius 1 is 1.06 bits per heavy atom. The number of halogens is 3. The van der Waals surface area contributed by atoms with E-state index >= 15 is 0 Å². The maximum absolute atomic E-state index is 13.6. The highest BCUT2D eigenvalue weighted by atomic mass is 19.2. The largest absolute Gasteiger partial charge is 0.380 e. The molecular formula is C14H18F3N. The molecule has 3 unspecified atom stereocenters. The van der Waals surface area contributed by atoms with Crippen molar-refractivity contribution in [2.75, 3.05) is 5.32 Å². The van der Waals surface area contributed by atoms with Gasteiger partial charge in [0.15, 0.2) is 17.5 Å². The van der Waals surface area contributed by atoms with Crippen molar-refractivity contribution in [2.24, 2.45) is 11.8 Å². The Morgan fingerprint density at radius 3 is 2.50 bits per heavy atom. The van der Waals surface area contributed by atoms with Crippen LogP contribution in [0.25, 0.3) is 0 Å². The lowest BCUT2D eigenvalue weighted by Gasteiger charge is -2.35. The topological polar surface area (TPSA) is 12.0 Å². The SMILES string of the molecule is CC1CCCC(Nc2ccc(F)c(F)c2F)C1C. The van der Waals surface area contributed by atoms with Crippen molar-refractivity contribution in [3.05, 3.63) is 29.6 Å². The van der Waals surface area contributed by atoms with Crippen LogP contribution < -0.4 is 5.32 Å². The second-order valence-electron chi connectivity index (χ2n) is 5.24. The minimum atomic E-state index is -1.41. The molecule has 3 atom stereocenters. The molecule has 1 N–H and O–H groups in total. The fourth-order valence-corrected chi connectivity index (χ4v) is 2.62. The van der Waals surface area contributed by atoms with Gasteiger partial charge in [-0.1, -0.05) is 26.7 Å². The molecule has 18 heavy (non-hydrogen) atoms. The Labute approximate surface area is 105 Å². The fourth-order valence-electron chi connectivity index (χ4n) is 2.62. The van der Waals surface area contributed by atoms with E-state index in [1.54, 1.807) is 0 Å². The summed E-state index contributed by atoms with van der Waals surface area (Å²) < 4.78 is 39.5. The monoisotopic (exact) mass is 257 g/mol. The van der Waals surface area contributed by atoms with Crippen LogP contribution in [0, 0.1) is 29.3 Å². The molecule has 1 saturated carbocycles. The molecule has 0 aliphatic heterocycles. The molecule has 0 bridgehead atoms. The molecule has 0 radical (unpaired) electrons. The molecule has 0 aromatic heterocycles. The van der Waals surface area contributed by atoms with E-state index in [4.69, 9.17) is 0 Å². The number of hydrogen-bond donors (Lipinski definition) is 1. The predicted octanol–water partition coefficient (Wildman–Crippen LogP) is 4.34. The zero-order valence-electron chi connectivity index (χ0n) is 10.6. The molecule has 100 valence electrons. The third-order valence-corrected chi connectivity index (χ3v) is 4.08. The van der Waals surface area contributed by atoms with Gasteiger partial charge in [-0.2, -0.15) is 0 Å². The minimum absolute atomic E-state index is 0.0554. The summed E-state index contributed by atoms with van der Waals surface area (Å²) >= 11 is 0. The average Bonchev–Trinajstić information content (AvgIpc) is 2.35. The maximum Gasteiger partial charge on any atom is 0.196 e. The molecule has 1 aromatic carbocycles. The highest BCUT2D eigenvalue weighted by molar-refractivity contribution is 5.46. The Hall–Kier alpha value is -1.19. The van der Waals surface area contributed by atoms with E-state index in [-0.39, 0.29) is 11.7 Å². The summed E-state index contributed by atoms with van der Waals surface area (Å²) in [5.74, 6) is -2.73. The van der Waals surface area contributed by atoms with E-state index in [1.165, 1.54) is 12.5 Å². The van der Waals surface area contributed by atoms with Crippen molar-refractivity contribution in [3.63, 3.8) is 0 Å². The molecule has 2 rings (SSSR count).